The van der Waals surface area contributed by atoms with Crippen molar-refractivity contribution in [2.45, 2.75) is 45.6 Å². The highest BCUT2D eigenvalue weighted by molar-refractivity contribution is 4.68. The number of piperidine rings is 1. The number of rotatable bonds is 5. The van der Waals surface area contributed by atoms with Crippen LogP contribution in [0.4, 0.5) is 0 Å². The maximum absolute atomic E-state index is 5.84. The molecule has 13 heavy (non-hydrogen) atoms. The number of ether oxygens (including phenoxy) is 1. The highest BCUT2D eigenvalue weighted by Gasteiger charge is 2.14. The van der Waals surface area contributed by atoms with Crippen molar-refractivity contribution in [2.24, 2.45) is 5.92 Å². The van der Waals surface area contributed by atoms with E-state index in [1.54, 1.807) is 0 Å². The largest absolute Gasteiger partial charge is 0.378 e. The van der Waals surface area contributed by atoms with Gasteiger partial charge in [0.25, 0.3) is 0 Å². The lowest BCUT2D eigenvalue weighted by Gasteiger charge is -2.24. The zero-order valence-corrected chi connectivity index (χ0v) is 9.01. The van der Waals surface area contributed by atoms with Crippen molar-refractivity contribution < 1.29 is 4.74 Å². The van der Waals surface area contributed by atoms with E-state index in [0.717, 1.165) is 31.9 Å². The Kier molecular flexibility index (Phi) is 5.40. The van der Waals surface area contributed by atoms with Crippen LogP contribution >= 0.6 is 0 Å². The molecule has 1 atom stereocenters. The molecule has 2 heteroatoms. The van der Waals surface area contributed by atoms with Gasteiger partial charge >= 0.3 is 0 Å². The van der Waals surface area contributed by atoms with E-state index in [1.165, 1.54) is 19.4 Å². The number of hydrogen-bond donors (Lipinski definition) is 1. The van der Waals surface area contributed by atoms with Crippen LogP contribution in [0.15, 0.2) is 0 Å². The molecule has 0 aromatic rings. The Hall–Kier alpha value is -0.0800. The molecule has 1 aliphatic rings. The molecule has 0 radical (unpaired) electrons. The van der Waals surface area contributed by atoms with Crippen molar-refractivity contribution in [2.75, 3.05) is 19.7 Å². The van der Waals surface area contributed by atoms with E-state index in [-0.39, 0.29) is 0 Å². The molecule has 2 nitrogen and oxygen atoms in total. The predicted molar refractivity (Wildman–Crippen MR) is 55.9 cm³/mol. The Morgan fingerprint density at radius 1 is 1.38 bits per heavy atom. The average molecular weight is 185 g/mol. The van der Waals surface area contributed by atoms with Crippen LogP contribution in [0.3, 0.4) is 0 Å². The monoisotopic (exact) mass is 185 g/mol. The minimum atomic E-state index is 0.488. The molecule has 0 amide bonds. The molecule has 0 bridgehead atoms. The van der Waals surface area contributed by atoms with Gasteiger partial charge in [-0.1, -0.05) is 13.8 Å². The van der Waals surface area contributed by atoms with E-state index in [2.05, 4.69) is 19.2 Å². The third kappa shape index (κ3) is 4.10. The van der Waals surface area contributed by atoms with E-state index < -0.39 is 0 Å². The smallest absolute Gasteiger partial charge is 0.0570 e. The molecular weight excluding hydrogens is 162 g/mol. The van der Waals surface area contributed by atoms with Crippen molar-refractivity contribution in [3.8, 4) is 0 Å². The van der Waals surface area contributed by atoms with Gasteiger partial charge in [-0.3, -0.25) is 0 Å². The summed E-state index contributed by atoms with van der Waals surface area (Å²) in [4.78, 5) is 0. The summed E-state index contributed by atoms with van der Waals surface area (Å²) in [7, 11) is 0. The highest BCUT2D eigenvalue weighted by Crippen LogP contribution is 2.12. The third-order valence-corrected chi connectivity index (χ3v) is 2.88. The van der Waals surface area contributed by atoms with Crippen LogP contribution in [-0.4, -0.2) is 25.8 Å². The Morgan fingerprint density at radius 3 is 2.69 bits per heavy atom. The molecule has 0 aromatic carbocycles. The molecule has 1 unspecified atom stereocenters. The number of nitrogens with one attached hydrogen (secondary N) is 1. The van der Waals surface area contributed by atoms with Crippen LogP contribution < -0.4 is 5.32 Å². The minimum absolute atomic E-state index is 0.488. The molecule has 1 fully saturated rings. The third-order valence-electron chi connectivity index (χ3n) is 2.88. The van der Waals surface area contributed by atoms with Gasteiger partial charge in [0.05, 0.1) is 12.7 Å². The summed E-state index contributed by atoms with van der Waals surface area (Å²) in [6.45, 7) is 7.71. The average Bonchev–Trinajstić information content (AvgIpc) is 2.21. The fourth-order valence-electron chi connectivity index (χ4n) is 1.86. The van der Waals surface area contributed by atoms with Crippen LogP contribution in [0.1, 0.15) is 39.5 Å². The van der Waals surface area contributed by atoms with Gasteiger partial charge in [0.2, 0.25) is 0 Å². The Labute approximate surface area is 82.0 Å². The maximum atomic E-state index is 5.84. The lowest BCUT2D eigenvalue weighted by molar-refractivity contribution is 0.0198. The van der Waals surface area contributed by atoms with E-state index in [9.17, 15) is 0 Å². The molecule has 1 heterocycles. The minimum Gasteiger partial charge on any atom is -0.378 e. The summed E-state index contributed by atoms with van der Waals surface area (Å²) in [5.41, 5.74) is 0. The lowest BCUT2D eigenvalue weighted by atomic mass is 10.0. The van der Waals surface area contributed by atoms with Crippen LogP contribution in [0.25, 0.3) is 0 Å². The lowest BCUT2D eigenvalue weighted by Crippen LogP contribution is -2.33. The molecule has 1 aliphatic heterocycles. The van der Waals surface area contributed by atoms with Crippen molar-refractivity contribution in [3.63, 3.8) is 0 Å². The van der Waals surface area contributed by atoms with Crippen LogP contribution in [0.2, 0.25) is 0 Å². The quantitative estimate of drug-likeness (QED) is 0.709. The molecular formula is C11H23NO. The maximum Gasteiger partial charge on any atom is 0.0570 e. The van der Waals surface area contributed by atoms with Crippen molar-refractivity contribution in [3.05, 3.63) is 0 Å². The molecule has 1 rings (SSSR count). The van der Waals surface area contributed by atoms with Crippen molar-refractivity contribution >= 4 is 0 Å². The van der Waals surface area contributed by atoms with E-state index in [0.29, 0.717) is 6.10 Å². The first kappa shape index (κ1) is 11.0. The van der Waals surface area contributed by atoms with Gasteiger partial charge in [-0.25, -0.2) is 0 Å². The zero-order chi connectivity index (χ0) is 9.52. The van der Waals surface area contributed by atoms with E-state index in [4.69, 9.17) is 4.74 Å². The van der Waals surface area contributed by atoms with Gasteiger partial charge in [-0.05, 0) is 38.1 Å². The van der Waals surface area contributed by atoms with Gasteiger partial charge in [0, 0.05) is 6.54 Å². The first-order chi connectivity index (χ1) is 6.36. The molecule has 1 N–H and O–H groups in total. The fraction of sp³-hybridized carbons (Fsp3) is 1.00. The number of hydrogen-bond acceptors (Lipinski definition) is 2. The van der Waals surface area contributed by atoms with Gasteiger partial charge < -0.3 is 10.1 Å². The predicted octanol–water partition coefficient (Wildman–Crippen LogP) is 2.19. The summed E-state index contributed by atoms with van der Waals surface area (Å²) in [5, 5.41) is 3.41. The second kappa shape index (κ2) is 6.39. The molecule has 0 saturated carbocycles. The van der Waals surface area contributed by atoms with Crippen molar-refractivity contribution in [1.82, 2.24) is 5.32 Å². The van der Waals surface area contributed by atoms with Crippen LogP contribution in [0.5, 0.6) is 0 Å². The van der Waals surface area contributed by atoms with Crippen LogP contribution in [-0.2, 0) is 4.74 Å². The van der Waals surface area contributed by atoms with Crippen molar-refractivity contribution in [1.29, 1.82) is 0 Å². The van der Waals surface area contributed by atoms with Crippen LogP contribution in [0, 0.1) is 5.92 Å². The summed E-state index contributed by atoms with van der Waals surface area (Å²) < 4.78 is 5.84. The summed E-state index contributed by atoms with van der Waals surface area (Å²) in [6.07, 6.45) is 5.44. The fourth-order valence-corrected chi connectivity index (χ4v) is 1.86. The molecule has 78 valence electrons. The normalized spacial score (nSPS) is 23.8. The Bertz CT molecular complexity index is 117. The first-order valence-electron chi connectivity index (χ1n) is 5.69. The molecule has 0 aromatic heterocycles. The van der Waals surface area contributed by atoms with Gasteiger partial charge in [0.15, 0.2) is 0 Å². The topological polar surface area (TPSA) is 21.3 Å². The second-order valence-corrected chi connectivity index (χ2v) is 3.98. The van der Waals surface area contributed by atoms with Gasteiger partial charge in [-0.15, -0.1) is 0 Å². The first-order valence-corrected chi connectivity index (χ1v) is 5.69. The molecule has 0 aliphatic carbocycles. The van der Waals surface area contributed by atoms with E-state index in [1.807, 2.05) is 0 Å². The summed E-state index contributed by atoms with van der Waals surface area (Å²) in [6, 6.07) is 0. The SMILES string of the molecule is CCC(CC)OCC1CCCNC1. The van der Waals surface area contributed by atoms with Gasteiger partial charge in [-0.2, -0.15) is 0 Å². The standard InChI is InChI=1S/C11H23NO/c1-3-11(4-2)13-9-10-6-5-7-12-8-10/h10-12H,3-9H2,1-2H3. The summed E-state index contributed by atoms with van der Waals surface area (Å²) >= 11 is 0. The second-order valence-electron chi connectivity index (χ2n) is 3.98. The van der Waals surface area contributed by atoms with E-state index >= 15 is 0 Å². The molecule has 0 spiro atoms. The van der Waals surface area contributed by atoms with Gasteiger partial charge in [0.1, 0.15) is 0 Å². The molecule has 1 saturated heterocycles. The summed E-state index contributed by atoms with van der Waals surface area (Å²) in [5.74, 6) is 0.759. The highest BCUT2D eigenvalue weighted by atomic mass is 16.5. The Morgan fingerprint density at radius 2 is 2.15 bits per heavy atom. The Balaban J connectivity index is 2.09. The zero-order valence-electron chi connectivity index (χ0n) is 9.01.